The van der Waals surface area contributed by atoms with Gasteiger partial charge in [-0.15, -0.1) is 5.10 Å². The summed E-state index contributed by atoms with van der Waals surface area (Å²) in [7, 11) is 0. The zero-order valence-corrected chi connectivity index (χ0v) is 32.2. The molecule has 269 valence electrons. The van der Waals surface area contributed by atoms with Crippen LogP contribution in [0.15, 0.2) is 188 Å². The van der Waals surface area contributed by atoms with Crippen LogP contribution in [0.1, 0.15) is 0 Å². The molecule has 4 aromatic heterocycles. The van der Waals surface area contributed by atoms with Crippen molar-refractivity contribution in [3.05, 3.63) is 188 Å². The summed E-state index contributed by atoms with van der Waals surface area (Å²) < 4.78 is 1.59. The molecule has 0 fully saturated rings. The Balaban J connectivity index is 0.000000128. The molecular weight excluding hydrogens is 857 g/mol. The summed E-state index contributed by atoms with van der Waals surface area (Å²) in [6.45, 7) is 0.519. The monoisotopic (exact) mass is 893 g/mol. The van der Waals surface area contributed by atoms with Crippen molar-refractivity contribution in [1.29, 1.82) is 0 Å². The van der Waals surface area contributed by atoms with Gasteiger partial charge >= 0.3 is 0 Å². The van der Waals surface area contributed by atoms with E-state index >= 15 is 0 Å². The van der Waals surface area contributed by atoms with Crippen molar-refractivity contribution in [1.82, 2.24) is 29.9 Å². The third kappa shape index (κ3) is 8.22. The van der Waals surface area contributed by atoms with Crippen LogP contribution in [0.5, 0.6) is 0 Å². The number of rotatable bonds is 5. The molecule has 55 heavy (non-hydrogen) atoms. The summed E-state index contributed by atoms with van der Waals surface area (Å²) in [5.74, 6) is 0. The molecule has 1 N–H and O–H groups in total. The molecule has 0 amide bonds. The maximum absolute atomic E-state index is 8.70. The van der Waals surface area contributed by atoms with Crippen LogP contribution in [0, 0.1) is 0 Å². The number of hydrogen-bond donors (Lipinski definition) is 1. The normalized spacial score (nSPS) is 10.6. The number of nitrogens with zero attached hydrogens (tertiary/aromatic N) is 6. The van der Waals surface area contributed by atoms with Crippen LogP contribution in [-0.4, -0.2) is 41.7 Å². The molecule has 0 unspecified atom stereocenters. The molecule has 0 saturated heterocycles. The van der Waals surface area contributed by atoms with Gasteiger partial charge in [0.1, 0.15) is 5.69 Å². The van der Waals surface area contributed by atoms with E-state index in [0.29, 0.717) is 6.54 Å². The van der Waals surface area contributed by atoms with Crippen LogP contribution in [0.25, 0.3) is 77.3 Å². The van der Waals surface area contributed by atoms with Gasteiger partial charge in [-0.2, -0.15) is 0 Å². The van der Waals surface area contributed by atoms with Gasteiger partial charge in [0.25, 0.3) is 0 Å². The maximum Gasteiger partial charge on any atom is 0.131 e. The fraction of sp³-hybridized carbons (Fsp3) is 0.0426. The standard InChI is InChI=1S/2C19H13N.C9H10N4O.Ir/c2*1-2-8-14(9-3-1)19-17-12-5-4-10-15(17)16-11-6-7-13-18(16)20-19;14-6-5-13-7-9(11-12-13)8-3-1-2-4-10-8;/h2*1-13H;1-4,7,14H,5-6H2;. The van der Waals surface area contributed by atoms with E-state index in [1.54, 1.807) is 17.1 Å². The third-order valence-electron chi connectivity index (χ3n) is 9.11. The van der Waals surface area contributed by atoms with Gasteiger partial charge < -0.3 is 5.11 Å². The number of fused-ring (bicyclic) bond motifs is 6. The quantitative estimate of drug-likeness (QED) is 0.173. The van der Waals surface area contributed by atoms with Gasteiger partial charge in [0.15, 0.2) is 0 Å². The van der Waals surface area contributed by atoms with E-state index in [1.165, 1.54) is 32.3 Å². The summed E-state index contributed by atoms with van der Waals surface area (Å²) in [6, 6.07) is 60.0. The number of pyridine rings is 3. The number of para-hydroxylation sites is 2. The average Bonchev–Trinajstić information content (AvgIpc) is 3.73. The van der Waals surface area contributed by atoms with Gasteiger partial charge in [0.2, 0.25) is 0 Å². The fourth-order valence-corrected chi connectivity index (χ4v) is 6.58. The van der Waals surface area contributed by atoms with E-state index in [0.717, 1.165) is 44.9 Å². The van der Waals surface area contributed by atoms with E-state index in [4.69, 9.17) is 15.1 Å². The maximum atomic E-state index is 8.70. The molecule has 0 aliphatic heterocycles. The van der Waals surface area contributed by atoms with Gasteiger partial charge in [-0.05, 0) is 35.0 Å². The Bertz CT molecular complexity index is 2640. The summed E-state index contributed by atoms with van der Waals surface area (Å²) in [4.78, 5) is 13.9. The number of benzene rings is 6. The Hall–Kier alpha value is -6.44. The smallest absolute Gasteiger partial charge is 0.131 e. The minimum atomic E-state index is 0. The second kappa shape index (κ2) is 17.6. The van der Waals surface area contributed by atoms with Crippen molar-refractivity contribution in [3.8, 4) is 33.9 Å². The molecule has 0 bridgehead atoms. The first kappa shape index (κ1) is 36.9. The van der Waals surface area contributed by atoms with E-state index in [1.807, 2.05) is 42.5 Å². The first-order valence-corrected chi connectivity index (χ1v) is 17.8. The molecule has 10 aromatic rings. The van der Waals surface area contributed by atoms with Gasteiger partial charge in [-0.25, -0.2) is 14.6 Å². The first-order valence-electron chi connectivity index (χ1n) is 17.8. The molecule has 0 atom stereocenters. The van der Waals surface area contributed by atoms with Crippen LogP contribution in [0.4, 0.5) is 0 Å². The Morgan fingerprint density at radius 1 is 0.436 bits per heavy atom. The van der Waals surface area contributed by atoms with Crippen molar-refractivity contribution in [3.63, 3.8) is 0 Å². The molecule has 0 aliphatic rings. The molecular formula is C47H36IrN6O. The molecule has 0 aliphatic carbocycles. The van der Waals surface area contributed by atoms with E-state index < -0.39 is 0 Å². The van der Waals surface area contributed by atoms with E-state index in [2.05, 4.69) is 149 Å². The Morgan fingerprint density at radius 3 is 1.35 bits per heavy atom. The topological polar surface area (TPSA) is 89.6 Å². The van der Waals surface area contributed by atoms with Gasteiger partial charge in [0, 0.05) is 59.0 Å². The minimum absolute atomic E-state index is 0. The first-order chi connectivity index (χ1) is 26.8. The van der Waals surface area contributed by atoms with Crippen molar-refractivity contribution in [2.45, 2.75) is 6.54 Å². The predicted molar refractivity (Wildman–Crippen MR) is 220 cm³/mol. The summed E-state index contributed by atoms with van der Waals surface area (Å²) in [6.07, 6.45) is 3.47. The molecule has 0 saturated carbocycles. The fourth-order valence-electron chi connectivity index (χ4n) is 6.58. The molecule has 0 spiro atoms. The average molecular weight is 893 g/mol. The molecule has 7 nitrogen and oxygen atoms in total. The SMILES string of the molecule is OCCn1cc(-c2ccccn2)nn1.[Ir].c1ccc(-c2nc3ccccc3c3ccccc23)cc1.c1ccc(-c2nc3ccccc3c3ccccc23)cc1. The zero-order valence-electron chi connectivity index (χ0n) is 29.8. The minimum Gasteiger partial charge on any atom is -0.394 e. The molecule has 8 heteroatoms. The number of aliphatic hydroxyl groups excluding tert-OH is 1. The molecule has 4 heterocycles. The second-order valence-corrected chi connectivity index (χ2v) is 12.6. The largest absolute Gasteiger partial charge is 0.394 e. The second-order valence-electron chi connectivity index (χ2n) is 12.6. The third-order valence-corrected chi connectivity index (χ3v) is 9.11. The molecule has 10 rings (SSSR count). The van der Waals surface area contributed by atoms with Crippen molar-refractivity contribution in [2.75, 3.05) is 6.61 Å². The predicted octanol–water partition coefficient (Wildman–Crippen LogP) is 10.4. The van der Waals surface area contributed by atoms with Crippen LogP contribution in [0.3, 0.4) is 0 Å². The van der Waals surface area contributed by atoms with Crippen LogP contribution >= 0.6 is 0 Å². The number of hydrogen-bond acceptors (Lipinski definition) is 6. The number of aliphatic hydroxyl groups is 1. The summed E-state index contributed by atoms with van der Waals surface area (Å²) in [5.41, 5.74) is 8.04. The van der Waals surface area contributed by atoms with Crippen molar-refractivity contribution < 1.29 is 25.2 Å². The van der Waals surface area contributed by atoms with E-state index in [9.17, 15) is 0 Å². The van der Waals surface area contributed by atoms with Gasteiger partial charge in [-0.3, -0.25) is 4.98 Å². The Kier molecular flexibility index (Phi) is 11.8. The molecule has 1 radical (unpaired) electrons. The summed E-state index contributed by atoms with van der Waals surface area (Å²) >= 11 is 0. The number of aromatic nitrogens is 6. The van der Waals surface area contributed by atoms with E-state index in [-0.39, 0.29) is 26.7 Å². The van der Waals surface area contributed by atoms with Crippen LogP contribution < -0.4 is 0 Å². The Morgan fingerprint density at radius 2 is 0.873 bits per heavy atom. The van der Waals surface area contributed by atoms with Gasteiger partial charge in [-0.1, -0.05) is 157 Å². The van der Waals surface area contributed by atoms with Crippen LogP contribution in [-0.2, 0) is 26.7 Å². The van der Waals surface area contributed by atoms with Gasteiger partial charge in [0.05, 0.1) is 47.5 Å². The zero-order chi connectivity index (χ0) is 36.5. The van der Waals surface area contributed by atoms with Crippen molar-refractivity contribution >= 4 is 43.4 Å². The molecule has 6 aromatic carbocycles. The summed E-state index contributed by atoms with van der Waals surface area (Å²) in [5, 5.41) is 23.8. The van der Waals surface area contributed by atoms with Crippen LogP contribution in [0.2, 0.25) is 0 Å². The van der Waals surface area contributed by atoms with Crippen molar-refractivity contribution in [2.24, 2.45) is 0 Å². The Labute approximate surface area is 332 Å².